The predicted molar refractivity (Wildman–Crippen MR) is 86.8 cm³/mol. The Hall–Kier alpha value is -2.31. The Morgan fingerprint density at radius 2 is 1.52 bits per heavy atom. The summed E-state index contributed by atoms with van der Waals surface area (Å²) in [5.41, 5.74) is 2.06. The van der Waals surface area contributed by atoms with Crippen LogP contribution in [0, 0.1) is 0 Å². The maximum absolute atomic E-state index is 12.8. The van der Waals surface area contributed by atoms with Gasteiger partial charge in [-0.1, -0.05) is 47.0 Å². The molecule has 0 radical (unpaired) electrons. The summed E-state index contributed by atoms with van der Waals surface area (Å²) in [5, 5.41) is 1.75. The van der Waals surface area contributed by atoms with Gasteiger partial charge >= 0.3 is 7.80 Å². The van der Waals surface area contributed by atoms with Gasteiger partial charge in [-0.15, -0.1) is 0 Å². The zero-order valence-electron chi connectivity index (χ0n) is 11.5. The fraction of sp³-hybridized carbons (Fsp3) is 0.0556. The van der Waals surface area contributed by atoms with Crippen molar-refractivity contribution in [2.24, 2.45) is 0 Å². The van der Waals surface area contributed by atoms with Crippen LogP contribution >= 0.6 is 7.80 Å². The minimum Gasteiger partial charge on any atom is -0.261 e. The zero-order valence-corrected chi connectivity index (χ0v) is 12.4. The molecular formula is C18H15NOP+. The molecule has 1 aromatic heterocycles. The quantitative estimate of drug-likeness (QED) is 0.689. The number of nitrogens with zero attached hydrogens (tertiary/aromatic N) is 1. The molecule has 0 amide bonds. The van der Waals surface area contributed by atoms with Gasteiger partial charge in [-0.3, -0.25) is 4.98 Å². The van der Waals surface area contributed by atoms with E-state index in [2.05, 4.69) is 4.98 Å². The molecule has 0 aliphatic heterocycles. The predicted octanol–water partition coefficient (Wildman–Crippen LogP) is 3.45. The van der Waals surface area contributed by atoms with Gasteiger partial charge in [0.15, 0.2) is 10.6 Å². The molecule has 0 aliphatic carbocycles. The number of hydrogen-bond donors (Lipinski definition) is 0. The maximum atomic E-state index is 12.8. The molecule has 0 saturated carbocycles. The van der Waals surface area contributed by atoms with Gasteiger partial charge in [-0.2, -0.15) is 0 Å². The fourth-order valence-electron chi connectivity index (χ4n) is 2.26. The van der Waals surface area contributed by atoms with Crippen LogP contribution in [0.4, 0.5) is 0 Å². The van der Waals surface area contributed by atoms with E-state index in [9.17, 15) is 4.57 Å². The summed E-state index contributed by atoms with van der Waals surface area (Å²) in [6, 6.07) is 23.4. The van der Waals surface area contributed by atoms with Crippen molar-refractivity contribution in [3.05, 3.63) is 90.3 Å². The van der Waals surface area contributed by atoms with Crippen molar-refractivity contribution in [3.63, 3.8) is 0 Å². The molecule has 3 rings (SSSR count). The molecule has 3 heteroatoms. The van der Waals surface area contributed by atoms with Crippen molar-refractivity contribution >= 4 is 18.4 Å². The van der Waals surface area contributed by atoms with E-state index in [0.717, 1.165) is 21.9 Å². The number of aromatic nitrogens is 1. The highest BCUT2D eigenvalue weighted by Crippen LogP contribution is 2.22. The molecule has 1 unspecified atom stereocenters. The molecule has 0 saturated heterocycles. The van der Waals surface area contributed by atoms with E-state index in [1.807, 2.05) is 72.8 Å². The van der Waals surface area contributed by atoms with E-state index in [1.54, 1.807) is 6.20 Å². The Bertz CT molecular complexity index is 741. The van der Waals surface area contributed by atoms with Crippen LogP contribution in [-0.2, 0) is 11.0 Å². The monoisotopic (exact) mass is 292 g/mol. The molecule has 0 bridgehead atoms. The van der Waals surface area contributed by atoms with Crippen LogP contribution in [0.5, 0.6) is 0 Å². The van der Waals surface area contributed by atoms with Gasteiger partial charge in [0, 0.05) is 23.9 Å². The molecule has 0 fully saturated rings. The third-order valence-electron chi connectivity index (χ3n) is 3.30. The Labute approximate surface area is 125 Å². The summed E-state index contributed by atoms with van der Waals surface area (Å²) in [6.07, 6.45) is 2.49. The fourth-order valence-corrected chi connectivity index (χ4v) is 3.62. The molecular weight excluding hydrogens is 277 g/mol. The molecule has 21 heavy (non-hydrogen) atoms. The first kappa shape index (κ1) is 13.7. The van der Waals surface area contributed by atoms with E-state index in [-0.39, 0.29) is 0 Å². The van der Waals surface area contributed by atoms with E-state index >= 15 is 0 Å². The largest absolute Gasteiger partial charge is 0.415 e. The number of rotatable bonds is 4. The second-order valence-corrected chi connectivity index (χ2v) is 6.34. The van der Waals surface area contributed by atoms with E-state index in [1.165, 1.54) is 0 Å². The minimum atomic E-state index is -1.57. The smallest absolute Gasteiger partial charge is 0.261 e. The molecule has 102 valence electrons. The summed E-state index contributed by atoms with van der Waals surface area (Å²) >= 11 is 0. The standard InChI is InChI=1S/C18H15NOP/c20-21(17-10-2-1-3-11-17)18-12-5-4-8-15(18)14-16-9-6-7-13-19-16/h1-13H,14H2/q+1. The summed E-state index contributed by atoms with van der Waals surface area (Å²) in [4.78, 5) is 4.35. The summed E-state index contributed by atoms with van der Waals surface area (Å²) in [6.45, 7) is 0. The Morgan fingerprint density at radius 1 is 0.810 bits per heavy atom. The van der Waals surface area contributed by atoms with Crippen LogP contribution in [0.15, 0.2) is 79.0 Å². The first-order chi connectivity index (χ1) is 10.3. The second kappa shape index (κ2) is 6.43. The average Bonchev–Trinajstić information content (AvgIpc) is 2.56. The normalized spacial score (nSPS) is 11.1. The lowest BCUT2D eigenvalue weighted by Gasteiger charge is -2.01. The Morgan fingerprint density at radius 3 is 2.29 bits per heavy atom. The highest BCUT2D eigenvalue weighted by molar-refractivity contribution is 7.61. The molecule has 1 atom stereocenters. The first-order valence-electron chi connectivity index (χ1n) is 6.85. The van der Waals surface area contributed by atoms with Crippen LogP contribution in [-0.4, -0.2) is 4.98 Å². The van der Waals surface area contributed by atoms with Crippen LogP contribution in [0.1, 0.15) is 11.3 Å². The first-order valence-corrected chi connectivity index (χ1v) is 8.10. The lowest BCUT2D eigenvalue weighted by molar-refractivity contribution is 0.598. The third-order valence-corrected chi connectivity index (χ3v) is 4.94. The second-order valence-electron chi connectivity index (χ2n) is 4.76. The lowest BCUT2D eigenvalue weighted by atomic mass is 10.1. The lowest BCUT2D eigenvalue weighted by Crippen LogP contribution is -2.12. The highest BCUT2D eigenvalue weighted by Gasteiger charge is 2.26. The van der Waals surface area contributed by atoms with E-state index in [4.69, 9.17) is 0 Å². The summed E-state index contributed by atoms with van der Waals surface area (Å²) in [5.74, 6) is 0. The van der Waals surface area contributed by atoms with Crippen molar-refractivity contribution < 1.29 is 4.57 Å². The molecule has 3 aromatic rings. The van der Waals surface area contributed by atoms with Crippen LogP contribution in [0.25, 0.3) is 0 Å². The molecule has 2 nitrogen and oxygen atoms in total. The Balaban J connectivity index is 1.95. The third kappa shape index (κ3) is 3.24. The van der Waals surface area contributed by atoms with Crippen molar-refractivity contribution in [2.75, 3.05) is 0 Å². The highest BCUT2D eigenvalue weighted by atomic mass is 31.1. The molecule has 0 aliphatic rings. The van der Waals surface area contributed by atoms with Gasteiger partial charge < -0.3 is 0 Å². The zero-order chi connectivity index (χ0) is 14.5. The average molecular weight is 292 g/mol. The van der Waals surface area contributed by atoms with Crippen molar-refractivity contribution in [2.45, 2.75) is 6.42 Å². The van der Waals surface area contributed by atoms with Crippen molar-refractivity contribution in [3.8, 4) is 0 Å². The summed E-state index contributed by atoms with van der Waals surface area (Å²) in [7, 11) is -1.57. The SMILES string of the molecule is O=[P+](c1ccccc1)c1ccccc1Cc1ccccn1. The van der Waals surface area contributed by atoms with E-state index in [0.29, 0.717) is 6.42 Å². The van der Waals surface area contributed by atoms with Crippen LogP contribution in [0.2, 0.25) is 0 Å². The van der Waals surface area contributed by atoms with Gasteiger partial charge in [0.2, 0.25) is 0 Å². The van der Waals surface area contributed by atoms with E-state index < -0.39 is 7.80 Å². The van der Waals surface area contributed by atoms with Crippen LogP contribution in [0.3, 0.4) is 0 Å². The molecule has 1 heterocycles. The number of hydrogen-bond acceptors (Lipinski definition) is 2. The van der Waals surface area contributed by atoms with Crippen molar-refractivity contribution in [1.29, 1.82) is 0 Å². The Kier molecular flexibility index (Phi) is 4.18. The van der Waals surface area contributed by atoms with Crippen LogP contribution < -0.4 is 10.6 Å². The minimum absolute atomic E-state index is 0.699. The molecule has 0 spiro atoms. The topological polar surface area (TPSA) is 30.0 Å². The van der Waals surface area contributed by atoms with Gasteiger partial charge in [0.05, 0.1) is 0 Å². The van der Waals surface area contributed by atoms with Crippen molar-refractivity contribution in [1.82, 2.24) is 4.98 Å². The van der Waals surface area contributed by atoms with Gasteiger partial charge in [0.25, 0.3) is 0 Å². The number of pyridine rings is 1. The molecule has 0 N–H and O–H groups in total. The number of benzene rings is 2. The van der Waals surface area contributed by atoms with Gasteiger partial charge in [-0.05, 0) is 30.3 Å². The van der Waals surface area contributed by atoms with Gasteiger partial charge in [0.1, 0.15) is 0 Å². The molecule has 2 aromatic carbocycles. The maximum Gasteiger partial charge on any atom is 0.415 e. The summed E-state index contributed by atoms with van der Waals surface area (Å²) < 4.78 is 12.8. The van der Waals surface area contributed by atoms with Gasteiger partial charge in [-0.25, -0.2) is 0 Å².